The quantitative estimate of drug-likeness (QED) is 0.722. The highest BCUT2D eigenvalue weighted by molar-refractivity contribution is 5.27. The first kappa shape index (κ1) is 15.8. The van der Waals surface area contributed by atoms with Gasteiger partial charge in [-0.3, -0.25) is 0 Å². The second-order valence-corrected chi connectivity index (χ2v) is 6.77. The van der Waals surface area contributed by atoms with Crippen LogP contribution in [-0.2, 0) is 16.8 Å². The van der Waals surface area contributed by atoms with E-state index in [0.29, 0.717) is 12.5 Å². The summed E-state index contributed by atoms with van der Waals surface area (Å²) in [6, 6.07) is 19.3. The first-order valence-corrected chi connectivity index (χ1v) is 7.69. The molecule has 1 heteroatoms. The number of rotatable bonds is 5. The third kappa shape index (κ3) is 4.71. The van der Waals surface area contributed by atoms with Gasteiger partial charge in [0.2, 0.25) is 0 Å². The molecule has 0 aliphatic rings. The molecule has 0 saturated heterocycles. The Morgan fingerprint density at radius 2 is 1.52 bits per heavy atom. The third-order valence-electron chi connectivity index (χ3n) is 3.83. The lowest BCUT2D eigenvalue weighted by Gasteiger charge is -2.19. The molecule has 2 aromatic carbocycles. The fraction of sp³-hybridized carbons (Fsp3) is 0.400. The second kappa shape index (κ2) is 6.91. The number of ether oxygens (including phenoxy) is 1. The Balaban J connectivity index is 1.84. The van der Waals surface area contributed by atoms with Gasteiger partial charge in [-0.05, 0) is 22.1 Å². The molecule has 1 atom stereocenters. The second-order valence-electron chi connectivity index (χ2n) is 6.77. The molecule has 2 aromatic rings. The number of benzene rings is 2. The summed E-state index contributed by atoms with van der Waals surface area (Å²) in [5.74, 6) is 0.431. The highest BCUT2D eigenvalue weighted by Gasteiger charge is 2.12. The maximum absolute atomic E-state index is 5.86. The van der Waals surface area contributed by atoms with Crippen molar-refractivity contribution >= 4 is 0 Å². The molecule has 0 aromatic heterocycles. The summed E-state index contributed by atoms with van der Waals surface area (Å²) in [7, 11) is 0. The molecule has 21 heavy (non-hydrogen) atoms. The van der Waals surface area contributed by atoms with E-state index in [1.54, 1.807) is 0 Å². The molecule has 0 fully saturated rings. The van der Waals surface area contributed by atoms with Gasteiger partial charge in [0.05, 0.1) is 13.2 Å². The Labute approximate surface area is 129 Å². The van der Waals surface area contributed by atoms with Crippen LogP contribution in [0.2, 0.25) is 0 Å². The van der Waals surface area contributed by atoms with Gasteiger partial charge in [0, 0.05) is 5.92 Å². The van der Waals surface area contributed by atoms with Gasteiger partial charge in [-0.25, -0.2) is 0 Å². The molecule has 0 spiro atoms. The molecule has 0 aliphatic carbocycles. The van der Waals surface area contributed by atoms with E-state index < -0.39 is 0 Å². The SMILES string of the molecule is C[C@H](COCc1ccc(C(C)(C)C)cc1)c1ccccc1. The van der Waals surface area contributed by atoms with E-state index in [2.05, 4.69) is 76.2 Å². The van der Waals surface area contributed by atoms with Crippen molar-refractivity contribution in [2.75, 3.05) is 6.61 Å². The summed E-state index contributed by atoms with van der Waals surface area (Å²) in [5, 5.41) is 0. The van der Waals surface area contributed by atoms with Crippen LogP contribution >= 0.6 is 0 Å². The fourth-order valence-electron chi connectivity index (χ4n) is 2.33. The summed E-state index contributed by atoms with van der Waals surface area (Å²) < 4.78 is 5.86. The maximum Gasteiger partial charge on any atom is 0.0717 e. The van der Waals surface area contributed by atoms with Crippen LogP contribution < -0.4 is 0 Å². The van der Waals surface area contributed by atoms with Gasteiger partial charge >= 0.3 is 0 Å². The van der Waals surface area contributed by atoms with Crippen molar-refractivity contribution < 1.29 is 4.74 Å². The maximum atomic E-state index is 5.86. The standard InChI is InChI=1S/C20H26O/c1-16(18-8-6-5-7-9-18)14-21-15-17-10-12-19(13-11-17)20(2,3)4/h5-13,16H,14-15H2,1-4H3/t16-/m1/s1. The van der Waals surface area contributed by atoms with Crippen molar-refractivity contribution in [3.8, 4) is 0 Å². The van der Waals surface area contributed by atoms with Gasteiger partial charge in [-0.2, -0.15) is 0 Å². The minimum atomic E-state index is 0.210. The van der Waals surface area contributed by atoms with Crippen molar-refractivity contribution in [1.82, 2.24) is 0 Å². The summed E-state index contributed by atoms with van der Waals surface area (Å²) >= 11 is 0. The molecule has 0 N–H and O–H groups in total. The molecule has 0 saturated carbocycles. The molecule has 112 valence electrons. The predicted molar refractivity (Wildman–Crippen MR) is 89.7 cm³/mol. The predicted octanol–water partition coefficient (Wildman–Crippen LogP) is 5.30. The largest absolute Gasteiger partial charge is 0.376 e. The normalized spacial score (nSPS) is 13.1. The van der Waals surface area contributed by atoms with Crippen LogP contribution in [0.25, 0.3) is 0 Å². The summed E-state index contributed by atoms with van der Waals surface area (Å²) in [6.07, 6.45) is 0. The molecule has 0 unspecified atom stereocenters. The lowest BCUT2D eigenvalue weighted by molar-refractivity contribution is 0.110. The Hall–Kier alpha value is -1.60. The van der Waals surface area contributed by atoms with Crippen molar-refractivity contribution in [3.05, 3.63) is 71.3 Å². The zero-order valence-electron chi connectivity index (χ0n) is 13.6. The van der Waals surface area contributed by atoms with Crippen LogP contribution in [-0.4, -0.2) is 6.61 Å². The van der Waals surface area contributed by atoms with Gasteiger partial charge < -0.3 is 4.74 Å². The average molecular weight is 282 g/mol. The molecule has 0 aliphatic heterocycles. The van der Waals surface area contributed by atoms with Crippen LogP contribution in [0.5, 0.6) is 0 Å². The van der Waals surface area contributed by atoms with Gasteiger partial charge in [0.1, 0.15) is 0 Å². The van der Waals surface area contributed by atoms with E-state index in [9.17, 15) is 0 Å². The first-order valence-electron chi connectivity index (χ1n) is 7.69. The Morgan fingerprint density at radius 3 is 2.10 bits per heavy atom. The zero-order valence-corrected chi connectivity index (χ0v) is 13.6. The third-order valence-corrected chi connectivity index (χ3v) is 3.83. The lowest BCUT2D eigenvalue weighted by Crippen LogP contribution is -2.11. The van der Waals surface area contributed by atoms with Crippen molar-refractivity contribution in [2.24, 2.45) is 0 Å². The molecule has 0 bridgehead atoms. The average Bonchev–Trinajstić information content (AvgIpc) is 2.47. The van der Waals surface area contributed by atoms with E-state index in [0.717, 1.165) is 6.61 Å². The minimum Gasteiger partial charge on any atom is -0.376 e. The van der Waals surface area contributed by atoms with Gasteiger partial charge in [-0.15, -0.1) is 0 Å². The Bertz CT molecular complexity index is 534. The minimum absolute atomic E-state index is 0.210. The van der Waals surface area contributed by atoms with E-state index in [1.807, 2.05) is 6.07 Å². The first-order chi connectivity index (χ1) is 9.97. The van der Waals surface area contributed by atoms with Crippen molar-refractivity contribution in [2.45, 2.75) is 45.6 Å². The van der Waals surface area contributed by atoms with Crippen LogP contribution in [0.4, 0.5) is 0 Å². The highest BCUT2D eigenvalue weighted by Crippen LogP contribution is 2.22. The van der Waals surface area contributed by atoms with E-state index in [1.165, 1.54) is 16.7 Å². The van der Waals surface area contributed by atoms with Gasteiger partial charge in [0.15, 0.2) is 0 Å². The molecule has 1 nitrogen and oxygen atoms in total. The smallest absolute Gasteiger partial charge is 0.0717 e. The number of hydrogen-bond acceptors (Lipinski definition) is 1. The van der Waals surface area contributed by atoms with Gasteiger partial charge in [0.25, 0.3) is 0 Å². The molecular weight excluding hydrogens is 256 g/mol. The molecule has 0 radical (unpaired) electrons. The molecule has 0 amide bonds. The van der Waals surface area contributed by atoms with Gasteiger partial charge in [-0.1, -0.05) is 82.3 Å². The van der Waals surface area contributed by atoms with Crippen molar-refractivity contribution in [1.29, 1.82) is 0 Å². The molecular formula is C20H26O. The monoisotopic (exact) mass is 282 g/mol. The Kier molecular flexibility index (Phi) is 5.19. The van der Waals surface area contributed by atoms with E-state index in [4.69, 9.17) is 4.74 Å². The topological polar surface area (TPSA) is 9.23 Å². The zero-order chi connectivity index (χ0) is 15.3. The molecule has 0 heterocycles. The Morgan fingerprint density at radius 1 is 0.905 bits per heavy atom. The summed E-state index contributed by atoms with van der Waals surface area (Å²) in [6.45, 7) is 10.4. The van der Waals surface area contributed by atoms with Crippen LogP contribution in [0.3, 0.4) is 0 Å². The van der Waals surface area contributed by atoms with Crippen molar-refractivity contribution in [3.63, 3.8) is 0 Å². The highest BCUT2D eigenvalue weighted by atomic mass is 16.5. The lowest BCUT2D eigenvalue weighted by atomic mass is 9.87. The fourth-order valence-corrected chi connectivity index (χ4v) is 2.33. The van der Waals surface area contributed by atoms with Crippen LogP contribution in [0.1, 0.15) is 50.3 Å². The summed E-state index contributed by atoms with van der Waals surface area (Å²) in [5.41, 5.74) is 4.15. The van der Waals surface area contributed by atoms with Crippen LogP contribution in [0, 0.1) is 0 Å². The summed E-state index contributed by atoms with van der Waals surface area (Å²) in [4.78, 5) is 0. The molecule has 2 rings (SSSR count). The van der Waals surface area contributed by atoms with Crippen LogP contribution in [0.15, 0.2) is 54.6 Å². The van der Waals surface area contributed by atoms with E-state index >= 15 is 0 Å². The van der Waals surface area contributed by atoms with E-state index in [-0.39, 0.29) is 5.41 Å². The number of hydrogen-bond donors (Lipinski definition) is 0.